The van der Waals surface area contributed by atoms with E-state index in [1.165, 1.54) is 6.08 Å². The third-order valence-corrected chi connectivity index (χ3v) is 2.89. The quantitative estimate of drug-likeness (QED) is 0.468. The second-order valence-corrected chi connectivity index (χ2v) is 4.62. The molecule has 0 bridgehead atoms. The Kier molecular flexibility index (Phi) is 5.41. The van der Waals surface area contributed by atoms with Crippen LogP contribution >= 0.6 is 11.6 Å². The molecule has 21 heavy (non-hydrogen) atoms. The fraction of sp³-hybridized carbons (Fsp3) is 0.118. The Hall–Kier alpha value is -2.26. The molecular weight excluding hydrogens is 288 g/mol. The van der Waals surface area contributed by atoms with E-state index >= 15 is 0 Å². The summed E-state index contributed by atoms with van der Waals surface area (Å²) in [5, 5.41) is 0.653. The van der Waals surface area contributed by atoms with Crippen LogP contribution < -0.4 is 9.47 Å². The zero-order chi connectivity index (χ0) is 15.1. The van der Waals surface area contributed by atoms with Crippen LogP contribution in [-0.4, -0.2) is 12.6 Å². The SMILES string of the molecule is CCOc1ccccc1OC(=O)/C=C/c1ccc(Cl)cc1. The number of halogens is 1. The molecule has 0 unspecified atom stereocenters. The Morgan fingerprint density at radius 2 is 1.76 bits per heavy atom. The lowest BCUT2D eigenvalue weighted by Crippen LogP contribution is -2.05. The van der Waals surface area contributed by atoms with E-state index in [2.05, 4.69) is 0 Å². The van der Waals surface area contributed by atoms with E-state index in [0.29, 0.717) is 23.1 Å². The molecule has 0 saturated carbocycles. The van der Waals surface area contributed by atoms with Gasteiger partial charge in [-0.1, -0.05) is 35.9 Å². The second kappa shape index (κ2) is 7.50. The molecule has 0 spiro atoms. The van der Waals surface area contributed by atoms with Crippen LogP contribution in [0.15, 0.2) is 54.6 Å². The molecule has 0 aliphatic heterocycles. The van der Waals surface area contributed by atoms with Gasteiger partial charge in [-0.05, 0) is 42.8 Å². The van der Waals surface area contributed by atoms with Crippen molar-refractivity contribution in [3.05, 3.63) is 65.2 Å². The maximum absolute atomic E-state index is 11.8. The third-order valence-electron chi connectivity index (χ3n) is 2.64. The predicted molar refractivity (Wildman–Crippen MR) is 83.7 cm³/mol. The molecule has 2 aromatic carbocycles. The summed E-state index contributed by atoms with van der Waals surface area (Å²) in [5.41, 5.74) is 0.870. The summed E-state index contributed by atoms with van der Waals surface area (Å²) in [5.74, 6) is 0.496. The van der Waals surface area contributed by atoms with Gasteiger partial charge in [0.2, 0.25) is 0 Å². The third kappa shape index (κ3) is 4.65. The van der Waals surface area contributed by atoms with Crippen molar-refractivity contribution < 1.29 is 14.3 Å². The van der Waals surface area contributed by atoms with E-state index in [4.69, 9.17) is 21.1 Å². The number of esters is 1. The van der Waals surface area contributed by atoms with Crippen LogP contribution in [0.2, 0.25) is 5.02 Å². The minimum atomic E-state index is -0.461. The van der Waals surface area contributed by atoms with E-state index in [0.717, 1.165) is 5.56 Å². The Morgan fingerprint density at radius 1 is 1.10 bits per heavy atom. The number of hydrogen-bond acceptors (Lipinski definition) is 3. The van der Waals surface area contributed by atoms with Crippen molar-refractivity contribution in [2.75, 3.05) is 6.61 Å². The Labute approximate surface area is 128 Å². The van der Waals surface area contributed by atoms with Gasteiger partial charge in [-0.3, -0.25) is 0 Å². The first-order valence-corrected chi connectivity index (χ1v) is 6.94. The van der Waals surface area contributed by atoms with Crippen molar-refractivity contribution in [2.24, 2.45) is 0 Å². The largest absolute Gasteiger partial charge is 0.490 e. The summed E-state index contributed by atoms with van der Waals surface area (Å²) in [4.78, 5) is 11.8. The highest BCUT2D eigenvalue weighted by Gasteiger charge is 2.07. The molecule has 2 aromatic rings. The molecule has 0 heterocycles. The van der Waals surface area contributed by atoms with E-state index in [9.17, 15) is 4.79 Å². The van der Waals surface area contributed by atoms with Gasteiger partial charge in [0.15, 0.2) is 11.5 Å². The van der Waals surface area contributed by atoms with Gasteiger partial charge in [-0.25, -0.2) is 4.79 Å². The van der Waals surface area contributed by atoms with Crippen LogP contribution in [0.5, 0.6) is 11.5 Å². The molecular formula is C17H15ClO3. The van der Waals surface area contributed by atoms with Crippen molar-refractivity contribution in [1.82, 2.24) is 0 Å². The predicted octanol–water partition coefficient (Wildman–Crippen LogP) is 4.36. The summed E-state index contributed by atoms with van der Waals surface area (Å²) in [7, 11) is 0. The van der Waals surface area contributed by atoms with Gasteiger partial charge in [0.25, 0.3) is 0 Å². The molecule has 108 valence electrons. The summed E-state index contributed by atoms with van der Waals surface area (Å²) in [6.07, 6.45) is 3.04. The van der Waals surface area contributed by atoms with Crippen LogP contribution in [0.1, 0.15) is 12.5 Å². The summed E-state index contributed by atoms with van der Waals surface area (Å²) < 4.78 is 10.7. The number of benzene rings is 2. The maximum atomic E-state index is 11.8. The topological polar surface area (TPSA) is 35.5 Å². The van der Waals surface area contributed by atoms with Crippen LogP contribution in [0.25, 0.3) is 6.08 Å². The molecule has 0 saturated heterocycles. The van der Waals surface area contributed by atoms with Gasteiger partial charge in [0.05, 0.1) is 6.61 Å². The van der Waals surface area contributed by atoms with E-state index in [1.54, 1.807) is 36.4 Å². The first-order chi connectivity index (χ1) is 10.2. The standard InChI is InChI=1S/C17H15ClO3/c1-2-20-15-5-3-4-6-16(15)21-17(19)12-9-13-7-10-14(18)11-8-13/h3-12H,2H2,1H3/b12-9+. The molecule has 0 radical (unpaired) electrons. The smallest absolute Gasteiger partial charge is 0.336 e. The van der Waals surface area contributed by atoms with Gasteiger partial charge < -0.3 is 9.47 Å². The van der Waals surface area contributed by atoms with Crippen molar-refractivity contribution in [1.29, 1.82) is 0 Å². The Morgan fingerprint density at radius 3 is 2.43 bits per heavy atom. The summed E-state index contributed by atoms with van der Waals surface area (Å²) >= 11 is 5.80. The average molecular weight is 303 g/mol. The number of para-hydroxylation sites is 2. The highest BCUT2D eigenvalue weighted by atomic mass is 35.5. The van der Waals surface area contributed by atoms with Gasteiger partial charge in [0, 0.05) is 11.1 Å². The van der Waals surface area contributed by atoms with Crippen LogP contribution in [-0.2, 0) is 4.79 Å². The fourth-order valence-electron chi connectivity index (χ4n) is 1.69. The molecule has 0 aliphatic carbocycles. The molecule has 0 fully saturated rings. The van der Waals surface area contributed by atoms with Crippen molar-refractivity contribution in [2.45, 2.75) is 6.92 Å². The van der Waals surface area contributed by atoms with Crippen LogP contribution in [0.3, 0.4) is 0 Å². The number of rotatable bonds is 5. The monoisotopic (exact) mass is 302 g/mol. The summed E-state index contributed by atoms with van der Waals surface area (Å²) in [6, 6.07) is 14.2. The van der Waals surface area contributed by atoms with Crippen molar-refractivity contribution in [3.63, 3.8) is 0 Å². The van der Waals surface area contributed by atoms with Crippen LogP contribution in [0.4, 0.5) is 0 Å². The highest BCUT2D eigenvalue weighted by Crippen LogP contribution is 2.26. The minimum Gasteiger partial charge on any atom is -0.490 e. The molecule has 0 aliphatic rings. The molecule has 3 nitrogen and oxygen atoms in total. The van der Waals surface area contributed by atoms with Gasteiger partial charge in [-0.15, -0.1) is 0 Å². The van der Waals surface area contributed by atoms with Crippen molar-refractivity contribution in [3.8, 4) is 11.5 Å². The molecule has 0 aromatic heterocycles. The Balaban J connectivity index is 2.03. The highest BCUT2D eigenvalue weighted by molar-refractivity contribution is 6.30. The number of ether oxygens (including phenoxy) is 2. The zero-order valence-corrected chi connectivity index (χ0v) is 12.3. The normalized spacial score (nSPS) is 10.6. The van der Waals surface area contributed by atoms with E-state index in [1.807, 2.05) is 25.1 Å². The van der Waals surface area contributed by atoms with Crippen LogP contribution in [0, 0.1) is 0 Å². The van der Waals surface area contributed by atoms with E-state index in [-0.39, 0.29) is 0 Å². The minimum absolute atomic E-state index is 0.408. The molecule has 0 atom stereocenters. The van der Waals surface area contributed by atoms with Gasteiger partial charge >= 0.3 is 5.97 Å². The van der Waals surface area contributed by atoms with Gasteiger partial charge in [0.1, 0.15) is 0 Å². The maximum Gasteiger partial charge on any atom is 0.336 e. The molecule has 0 N–H and O–H groups in total. The average Bonchev–Trinajstić information content (AvgIpc) is 2.49. The molecule has 4 heteroatoms. The lowest BCUT2D eigenvalue weighted by Gasteiger charge is -2.08. The number of carbonyl (C=O) groups excluding carboxylic acids is 1. The lowest BCUT2D eigenvalue weighted by molar-refractivity contribution is -0.129. The first kappa shape index (κ1) is 15.1. The Bertz CT molecular complexity index is 633. The fourth-order valence-corrected chi connectivity index (χ4v) is 1.82. The first-order valence-electron chi connectivity index (χ1n) is 6.56. The zero-order valence-electron chi connectivity index (χ0n) is 11.6. The van der Waals surface area contributed by atoms with Gasteiger partial charge in [-0.2, -0.15) is 0 Å². The van der Waals surface area contributed by atoms with E-state index < -0.39 is 5.97 Å². The number of carbonyl (C=O) groups is 1. The number of hydrogen-bond donors (Lipinski definition) is 0. The lowest BCUT2D eigenvalue weighted by atomic mass is 10.2. The molecule has 2 rings (SSSR count). The molecule has 0 amide bonds. The summed E-state index contributed by atoms with van der Waals surface area (Å²) in [6.45, 7) is 2.38. The van der Waals surface area contributed by atoms with Crippen molar-refractivity contribution >= 4 is 23.6 Å². The second-order valence-electron chi connectivity index (χ2n) is 4.19.